The molecule has 0 saturated heterocycles. The van der Waals surface area contributed by atoms with E-state index >= 15 is 0 Å². The largest absolute Gasteiger partial charge is 0.506 e. The average Bonchev–Trinajstić information content (AvgIpc) is 2.84. The van der Waals surface area contributed by atoms with Crippen molar-refractivity contribution < 1.29 is 31.1 Å². The lowest BCUT2D eigenvalue weighted by molar-refractivity contribution is -0.0436. The molecule has 1 aromatic heterocycles. The number of sulfone groups is 1. The Kier molecular flexibility index (Phi) is 3.75. The van der Waals surface area contributed by atoms with E-state index in [1.165, 1.54) is 18.4 Å². The number of hydrogen-bond acceptors (Lipinski definition) is 4. The summed E-state index contributed by atoms with van der Waals surface area (Å²) >= 11 is 1.55. The van der Waals surface area contributed by atoms with Gasteiger partial charge in [0.15, 0.2) is 0 Å². The molecular formula is C11H6F3IO4S. The minimum absolute atomic E-state index is 0.0284. The Labute approximate surface area is 125 Å². The van der Waals surface area contributed by atoms with Crippen LogP contribution in [0.25, 0.3) is 11.3 Å². The second-order valence-electron chi connectivity index (χ2n) is 3.73. The van der Waals surface area contributed by atoms with E-state index in [1.807, 2.05) is 0 Å². The van der Waals surface area contributed by atoms with Gasteiger partial charge in [-0.05, 0) is 46.9 Å². The molecule has 0 atom stereocenters. The quantitative estimate of drug-likeness (QED) is 0.758. The van der Waals surface area contributed by atoms with Crippen LogP contribution >= 0.6 is 22.6 Å². The molecule has 2 aromatic rings. The molecule has 1 heterocycles. The van der Waals surface area contributed by atoms with Crippen LogP contribution in [0.15, 0.2) is 39.8 Å². The van der Waals surface area contributed by atoms with E-state index in [0.29, 0.717) is 0 Å². The Hall–Kier alpha value is -1.23. The first-order valence-electron chi connectivity index (χ1n) is 5.02. The Morgan fingerprint density at radius 3 is 2.40 bits per heavy atom. The van der Waals surface area contributed by atoms with Gasteiger partial charge in [-0.3, -0.25) is 0 Å². The summed E-state index contributed by atoms with van der Waals surface area (Å²) in [4.78, 5) is -0.946. The van der Waals surface area contributed by atoms with Crippen LogP contribution in [-0.2, 0) is 9.84 Å². The van der Waals surface area contributed by atoms with Crippen LogP contribution in [0.3, 0.4) is 0 Å². The summed E-state index contributed by atoms with van der Waals surface area (Å²) in [5, 5.41) is 9.82. The van der Waals surface area contributed by atoms with Crippen molar-refractivity contribution in [3.8, 4) is 17.1 Å². The van der Waals surface area contributed by atoms with Crippen LogP contribution < -0.4 is 0 Å². The second kappa shape index (κ2) is 4.95. The molecule has 0 amide bonds. The zero-order valence-electron chi connectivity index (χ0n) is 9.48. The third kappa shape index (κ3) is 2.51. The van der Waals surface area contributed by atoms with Gasteiger partial charge in [-0.25, -0.2) is 8.42 Å². The molecule has 0 aliphatic carbocycles. The van der Waals surface area contributed by atoms with Crippen molar-refractivity contribution in [1.29, 1.82) is 0 Å². The van der Waals surface area contributed by atoms with Crippen molar-refractivity contribution in [3.05, 3.63) is 34.1 Å². The van der Waals surface area contributed by atoms with Gasteiger partial charge in [0.25, 0.3) is 9.84 Å². The van der Waals surface area contributed by atoms with Crippen molar-refractivity contribution in [2.75, 3.05) is 0 Å². The molecule has 1 N–H and O–H groups in total. The summed E-state index contributed by atoms with van der Waals surface area (Å²) in [7, 11) is -5.49. The monoisotopic (exact) mass is 418 g/mol. The molecule has 9 heteroatoms. The van der Waals surface area contributed by atoms with Crippen LogP contribution in [0, 0.1) is 3.57 Å². The number of furan rings is 1. The number of aromatic hydroxyl groups is 1. The Morgan fingerprint density at radius 1 is 1.25 bits per heavy atom. The van der Waals surface area contributed by atoms with Crippen molar-refractivity contribution in [2.45, 2.75) is 10.4 Å². The first kappa shape index (κ1) is 15.2. The highest BCUT2D eigenvalue weighted by Gasteiger charge is 2.47. The molecule has 0 aliphatic heterocycles. The molecule has 0 unspecified atom stereocenters. The number of alkyl halides is 3. The first-order chi connectivity index (χ1) is 9.14. The lowest BCUT2D eigenvalue weighted by Crippen LogP contribution is -2.23. The average molecular weight is 418 g/mol. The van der Waals surface area contributed by atoms with Gasteiger partial charge in [-0.15, -0.1) is 0 Å². The van der Waals surface area contributed by atoms with Crippen molar-refractivity contribution in [1.82, 2.24) is 0 Å². The summed E-state index contributed by atoms with van der Waals surface area (Å²) < 4.78 is 65.4. The zero-order chi connectivity index (χ0) is 15.1. The molecular weight excluding hydrogens is 412 g/mol. The third-order valence-corrected chi connectivity index (χ3v) is 4.73. The molecule has 20 heavy (non-hydrogen) atoms. The minimum Gasteiger partial charge on any atom is -0.506 e. The zero-order valence-corrected chi connectivity index (χ0v) is 12.5. The number of hydrogen-bond donors (Lipinski definition) is 1. The van der Waals surface area contributed by atoms with Crippen LogP contribution in [0.1, 0.15) is 0 Å². The van der Waals surface area contributed by atoms with Crippen LogP contribution in [0.5, 0.6) is 5.75 Å². The minimum atomic E-state index is -5.49. The van der Waals surface area contributed by atoms with E-state index in [1.54, 1.807) is 22.6 Å². The van der Waals surface area contributed by atoms with E-state index < -0.39 is 20.2 Å². The Morgan fingerprint density at radius 2 is 1.90 bits per heavy atom. The molecule has 0 fully saturated rings. The highest BCUT2D eigenvalue weighted by molar-refractivity contribution is 14.1. The third-order valence-electron chi connectivity index (χ3n) is 2.44. The van der Waals surface area contributed by atoms with Gasteiger partial charge in [-0.2, -0.15) is 13.2 Å². The molecule has 0 aliphatic rings. The normalized spacial score (nSPS) is 12.6. The van der Waals surface area contributed by atoms with Crippen LogP contribution in [0.2, 0.25) is 0 Å². The van der Waals surface area contributed by atoms with Gasteiger partial charge in [-0.1, -0.05) is 0 Å². The van der Waals surface area contributed by atoms with E-state index in [2.05, 4.69) is 0 Å². The summed E-state index contributed by atoms with van der Waals surface area (Å²) in [6.45, 7) is 0. The van der Waals surface area contributed by atoms with Crippen LogP contribution in [0.4, 0.5) is 13.2 Å². The molecule has 0 bridgehead atoms. The Bertz CT molecular complexity index is 736. The fraction of sp³-hybridized carbons (Fsp3) is 0.0909. The van der Waals surface area contributed by atoms with E-state index in [9.17, 15) is 26.7 Å². The lowest BCUT2D eigenvalue weighted by Gasteiger charge is -2.11. The molecule has 0 saturated carbocycles. The fourth-order valence-corrected chi connectivity index (χ4v) is 3.13. The predicted octanol–water partition coefficient (Wildman–Crippen LogP) is 3.55. The van der Waals surface area contributed by atoms with E-state index in [4.69, 9.17) is 4.42 Å². The predicted molar refractivity (Wildman–Crippen MR) is 71.8 cm³/mol. The van der Waals surface area contributed by atoms with Gasteiger partial charge in [0.1, 0.15) is 11.5 Å². The van der Waals surface area contributed by atoms with Crippen molar-refractivity contribution >= 4 is 32.4 Å². The van der Waals surface area contributed by atoms with Gasteiger partial charge in [0, 0.05) is 0 Å². The lowest BCUT2D eigenvalue weighted by atomic mass is 10.1. The molecule has 108 valence electrons. The first-order valence-corrected chi connectivity index (χ1v) is 7.58. The highest BCUT2D eigenvalue weighted by atomic mass is 127. The molecule has 4 nitrogen and oxygen atoms in total. The summed E-state index contributed by atoms with van der Waals surface area (Å²) in [6, 6.07) is 4.35. The summed E-state index contributed by atoms with van der Waals surface area (Å²) in [5.74, 6) is -0.277. The maximum absolute atomic E-state index is 12.5. The number of phenolic OH excluding ortho intramolecular Hbond substituents is 1. The van der Waals surface area contributed by atoms with E-state index in [-0.39, 0.29) is 20.6 Å². The SMILES string of the molecule is O=S(=O)(c1cc(I)c(O)c(-c2ccco2)c1)C(F)(F)F. The van der Waals surface area contributed by atoms with E-state index in [0.717, 1.165) is 12.1 Å². The van der Waals surface area contributed by atoms with Crippen molar-refractivity contribution in [2.24, 2.45) is 0 Å². The highest BCUT2D eigenvalue weighted by Crippen LogP contribution is 2.39. The smallest absolute Gasteiger partial charge is 0.501 e. The van der Waals surface area contributed by atoms with Gasteiger partial charge in [0.2, 0.25) is 0 Å². The molecule has 0 radical (unpaired) electrons. The Balaban J connectivity index is 2.71. The standard InChI is InChI=1S/C11H6F3IO4S/c12-11(13,14)20(17,18)6-4-7(9-2-1-3-19-9)10(16)8(15)5-6/h1-5,16H. The van der Waals surface area contributed by atoms with Crippen molar-refractivity contribution in [3.63, 3.8) is 0 Å². The summed E-state index contributed by atoms with van der Waals surface area (Å²) in [5.41, 5.74) is -5.53. The number of phenols is 1. The number of benzene rings is 1. The maximum atomic E-state index is 12.5. The van der Waals surface area contributed by atoms with Gasteiger partial charge < -0.3 is 9.52 Å². The molecule has 1 aromatic carbocycles. The number of rotatable bonds is 2. The summed E-state index contributed by atoms with van der Waals surface area (Å²) in [6.07, 6.45) is 1.26. The molecule has 0 spiro atoms. The molecule has 2 rings (SSSR count). The van der Waals surface area contributed by atoms with Gasteiger partial charge >= 0.3 is 5.51 Å². The maximum Gasteiger partial charge on any atom is 0.501 e. The van der Waals surface area contributed by atoms with Gasteiger partial charge in [0.05, 0.1) is 20.3 Å². The fourth-order valence-electron chi connectivity index (χ4n) is 1.48. The second-order valence-corrected chi connectivity index (χ2v) is 6.83. The number of halogens is 4. The topological polar surface area (TPSA) is 67.5 Å². The van der Waals surface area contributed by atoms with Crippen LogP contribution in [-0.4, -0.2) is 19.0 Å².